The van der Waals surface area contributed by atoms with Crippen molar-refractivity contribution in [1.29, 1.82) is 0 Å². The van der Waals surface area contributed by atoms with Gasteiger partial charge < -0.3 is 64.4 Å². The predicted octanol–water partition coefficient (Wildman–Crippen LogP) is 20.4. The molecule has 0 unspecified atom stereocenters. The van der Waals surface area contributed by atoms with Gasteiger partial charge in [-0.2, -0.15) is 0 Å². The predicted molar refractivity (Wildman–Crippen MR) is 390 cm³/mol. The Hall–Kier alpha value is -8.93. The monoisotopic (exact) mass is 1320 g/mol. The van der Waals surface area contributed by atoms with E-state index in [1.165, 1.54) is 66.7 Å². The van der Waals surface area contributed by atoms with E-state index < -0.39 is 77.5 Å². The van der Waals surface area contributed by atoms with Gasteiger partial charge in [0.2, 0.25) is 0 Å². The first-order valence-corrected chi connectivity index (χ1v) is 34.7. The first-order valence-electron chi connectivity index (χ1n) is 38.2. The Morgan fingerprint density at radius 3 is 0.812 bits per heavy atom. The van der Waals surface area contributed by atoms with E-state index in [-0.39, 0.29) is 136 Å². The van der Waals surface area contributed by atoms with E-state index in [1.54, 1.807) is 0 Å². The molecular formula is C78H104N6O12. The third-order valence-electron chi connectivity index (χ3n) is 15.9. The van der Waals surface area contributed by atoms with Gasteiger partial charge in [0, 0.05) is 107 Å². The van der Waals surface area contributed by atoms with E-state index in [9.17, 15) is 40.2 Å². The van der Waals surface area contributed by atoms with Gasteiger partial charge in [0.05, 0.1) is 83.4 Å². The molecule has 0 saturated heterocycles. The molecule has 0 atom stereocenters. The molecule has 0 aliphatic carbocycles. The molecule has 0 radical (unpaired) electrons. The fourth-order valence-corrected chi connectivity index (χ4v) is 10.1. The number of aromatic hydroxyl groups is 6. The Labute approximate surface area is 578 Å². The molecule has 7 N–H and O–H groups in total. The maximum atomic E-state index is 11.9. The summed E-state index contributed by atoms with van der Waals surface area (Å²) in [6, 6.07) is 16.1. The van der Waals surface area contributed by atoms with Crippen molar-refractivity contribution in [2.75, 3.05) is 45.0 Å². The van der Waals surface area contributed by atoms with Crippen molar-refractivity contribution in [1.82, 2.24) is 0 Å². The number of phenols is 6. The van der Waals surface area contributed by atoms with Crippen LogP contribution in [0.2, 0.25) is 0 Å². The molecule has 6 aromatic carbocycles. The van der Waals surface area contributed by atoms with Crippen LogP contribution >= 0.6 is 0 Å². The molecule has 0 saturated carbocycles. The molecule has 0 amide bonds. The number of hydrogen-bond donors (Lipinski definition) is 7. The van der Waals surface area contributed by atoms with Gasteiger partial charge in [-0.1, -0.05) is 163 Å². The van der Waals surface area contributed by atoms with E-state index in [1.807, 2.05) is 0 Å². The summed E-state index contributed by atoms with van der Waals surface area (Å²) < 4.78 is 104. The summed E-state index contributed by atoms with van der Waals surface area (Å²) in [5.41, 5.74) is -2.68. The highest BCUT2D eigenvalue weighted by atomic mass is 16.5. The van der Waals surface area contributed by atoms with Crippen LogP contribution in [0.4, 0.5) is 34.1 Å². The second-order valence-electron chi connectivity index (χ2n) is 23.8. The van der Waals surface area contributed by atoms with E-state index in [0.29, 0.717) is 38.5 Å². The Bertz CT molecular complexity index is 3940. The molecule has 6 aromatic rings. The summed E-state index contributed by atoms with van der Waals surface area (Å²) in [5.74, 6) is -4.03. The summed E-state index contributed by atoms with van der Waals surface area (Å²) in [4.78, 5) is 23.0. The van der Waals surface area contributed by atoms with Crippen molar-refractivity contribution >= 4 is 65.1 Å². The largest absolute Gasteiger partial charge is 0.504 e. The Kier molecular flexibility index (Phi) is 27.6. The number of nitrogens with zero attached hydrogens (tertiary/aromatic N) is 5. The molecule has 4 aliphatic rings. The molecule has 0 aromatic heterocycles. The van der Waals surface area contributed by atoms with Crippen molar-refractivity contribution in [2.24, 2.45) is 25.0 Å². The van der Waals surface area contributed by atoms with Crippen LogP contribution in [-0.2, 0) is 6.50 Å². The van der Waals surface area contributed by atoms with Gasteiger partial charge in [-0.15, -0.1) is 0 Å². The van der Waals surface area contributed by atoms with E-state index in [0.717, 1.165) is 122 Å². The lowest BCUT2D eigenvalue weighted by Crippen LogP contribution is -2.05. The van der Waals surface area contributed by atoms with Gasteiger partial charge in [0.25, 0.3) is 0 Å². The number of rotatable bonds is 36. The molecule has 4 aliphatic heterocycles. The number of aliphatic imine (C=N–C) groups is 5. The van der Waals surface area contributed by atoms with Gasteiger partial charge in [-0.3, -0.25) is 25.0 Å². The van der Waals surface area contributed by atoms with E-state index in [4.69, 9.17) is 28.4 Å². The minimum absolute atomic E-state index is 0.0770. The van der Waals surface area contributed by atoms with Gasteiger partial charge >= 0.3 is 0 Å². The van der Waals surface area contributed by atoms with Crippen LogP contribution in [-0.4, -0.2) is 101 Å². The van der Waals surface area contributed by atoms with Gasteiger partial charge in [-0.25, -0.2) is 0 Å². The van der Waals surface area contributed by atoms with Crippen LogP contribution in [0.15, 0.2) is 97.8 Å². The average Bonchev–Trinajstić information content (AvgIpc) is 0.782. The van der Waals surface area contributed by atoms with Crippen LogP contribution in [0.1, 0.15) is 239 Å². The number of unbranched alkanes of at least 4 members (excludes halogenated alkanes) is 18. The zero-order chi connectivity index (χ0) is 74.4. The number of hydrogen-bond acceptors (Lipinski definition) is 18. The van der Waals surface area contributed by atoms with Crippen molar-refractivity contribution in [3.63, 3.8) is 0 Å². The fraction of sp³-hybridized carbons (Fsp3) is 0.474. The summed E-state index contributed by atoms with van der Waals surface area (Å²) in [6.45, 7) is 11.4. The van der Waals surface area contributed by atoms with Crippen molar-refractivity contribution in [3.05, 3.63) is 106 Å². The first kappa shape index (κ1) is 64.4. The molecule has 6 bridgehead atoms. The second-order valence-corrected chi connectivity index (χ2v) is 23.8. The highest BCUT2D eigenvalue weighted by Gasteiger charge is 2.20. The quantitative estimate of drug-likeness (QED) is 0.0143. The van der Waals surface area contributed by atoms with Crippen molar-refractivity contribution in [2.45, 2.75) is 202 Å². The normalized spacial score (nSPS) is 14.2. The maximum Gasteiger partial charge on any atom is 0.167 e. The summed E-state index contributed by atoms with van der Waals surface area (Å²) >= 11 is 0. The Balaban J connectivity index is 1.51. The molecule has 96 heavy (non-hydrogen) atoms. The number of ether oxygens (including phenoxy) is 6. The van der Waals surface area contributed by atoms with Crippen molar-refractivity contribution in [3.8, 4) is 69.0 Å². The van der Waals surface area contributed by atoms with Gasteiger partial charge in [0.1, 0.15) is 0 Å². The number of nitrogens with one attached hydrogen (secondary N) is 1. The summed E-state index contributed by atoms with van der Waals surface area (Å²) in [5, 5.41) is 74.0. The topological polar surface area (TPSA) is 251 Å². The lowest BCUT2D eigenvalue weighted by molar-refractivity contribution is 0.259. The van der Waals surface area contributed by atoms with Crippen molar-refractivity contribution < 1.29 is 68.7 Å². The maximum absolute atomic E-state index is 11.9. The summed E-state index contributed by atoms with van der Waals surface area (Å²) in [7, 11) is 0. The third-order valence-corrected chi connectivity index (χ3v) is 15.9. The number of phenolic OH excluding ortho intramolecular Hbond substituents is 6. The lowest BCUT2D eigenvalue weighted by Gasteiger charge is -2.18. The van der Waals surface area contributed by atoms with Crippen LogP contribution in [0, 0.1) is 0 Å². The number of anilines is 1. The van der Waals surface area contributed by atoms with E-state index in [2.05, 4.69) is 71.8 Å². The fourth-order valence-electron chi connectivity index (χ4n) is 10.1. The molecule has 10 rings (SSSR count). The van der Waals surface area contributed by atoms with Gasteiger partial charge in [-0.05, 0) is 68.9 Å². The molecule has 4 heterocycles. The Morgan fingerprint density at radius 1 is 0.312 bits per heavy atom. The van der Waals surface area contributed by atoms with E-state index >= 15 is 0 Å². The minimum Gasteiger partial charge on any atom is -0.504 e. The third kappa shape index (κ3) is 22.9. The van der Waals surface area contributed by atoms with Crippen LogP contribution < -0.4 is 33.7 Å². The zero-order valence-electron chi connectivity index (χ0n) is 64.0. The number of fused-ring (bicyclic) bond motifs is 3. The molecule has 18 nitrogen and oxygen atoms in total. The van der Waals surface area contributed by atoms with Crippen LogP contribution in [0.25, 0.3) is 0 Å². The van der Waals surface area contributed by atoms with Crippen LogP contribution in [0.3, 0.4) is 0 Å². The SMILES string of the molecule is [2H]C1=Nc2cc(OCCCCCC)c(OCCCCCC)cc2N=C([2H])c2ccc(c(O)c2O)C([2H])=Nc2cc(OCCCCCC)c(OCCCCCC)cc2NC([2H])([2H])c2ccc(c(O)c2O)C([2H])=Nc2cc(OCCCCCC)c(OCCCCCC)cc2N=C([2H])c2ccc1c(O)c2O. The highest BCUT2D eigenvalue weighted by molar-refractivity contribution is 5.97. The minimum atomic E-state index is -2.81. The molecule has 518 valence electrons. The molecule has 0 fully saturated rings. The highest BCUT2D eigenvalue weighted by Crippen LogP contribution is 2.45. The first-order chi connectivity index (χ1) is 49.7. The molecular weight excluding hydrogens is 1210 g/mol. The molecule has 18 heteroatoms. The van der Waals surface area contributed by atoms with Crippen LogP contribution in [0.5, 0.6) is 69.0 Å². The average molecular weight is 1320 g/mol. The molecule has 0 spiro atoms. The standard InChI is InChI=1S/C78H104N6O12/c1-7-13-19-25-37-91-67-43-61-62(44-68(67)92-38-26-20-14-8-2)80-50-56-33-34-58(76(88)74(56)86)52-82-65-47-71(95-41-29-23-17-11-5)72(96-42-30-24-18-12-6)48-66(65)84-54-60-36-35-59(77(89)78(60)90)53-83-64-46-70(94-40-28-22-16-10-4)69(93-39-27-21-15-9-3)45-63(64)81-51-57-32-31-55(49-79-61)73(85)75(57)87/h31-36,43-53,84-90H,7-30,37-42,54H2,1-6H3/i49D,50D,51D,52D,53D,54D2. The zero-order valence-corrected chi connectivity index (χ0v) is 57.0. The summed E-state index contributed by atoms with van der Waals surface area (Å²) in [6.07, 6.45) is 18.1. The van der Waals surface area contributed by atoms with Gasteiger partial charge in [0.15, 0.2) is 69.0 Å². The number of benzene rings is 6. The smallest absolute Gasteiger partial charge is 0.167 e. The Morgan fingerprint density at radius 2 is 0.542 bits per heavy atom. The lowest BCUT2D eigenvalue weighted by atomic mass is 10.1. The second kappa shape index (κ2) is 41.1.